The number of hydrogen-bond acceptors (Lipinski definition) is 3. The van der Waals surface area contributed by atoms with Gasteiger partial charge in [-0.15, -0.1) is 11.3 Å². The smallest absolute Gasteiger partial charge is 0.142 e. The highest BCUT2D eigenvalue weighted by Crippen LogP contribution is 2.40. The summed E-state index contributed by atoms with van der Waals surface area (Å²) in [7, 11) is 0. The molecule has 0 radical (unpaired) electrons. The van der Waals surface area contributed by atoms with Gasteiger partial charge in [0.2, 0.25) is 0 Å². The second-order valence-electron chi connectivity index (χ2n) is 5.33. The van der Waals surface area contributed by atoms with E-state index in [1.54, 1.807) is 6.07 Å². The van der Waals surface area contributed by atoms with E-state index >= 15 is 0 Å². The van der Waals surface area contributed by atoms with Crippen molar-refractivity contribution in [1.29, 1.82) is 0 Å². The number of thiophene rings is 1. The van der Waals surface area contributed by atoms with Crippen LogP contribution in [0.2, 0.25) is 10.0 Å². The molecule has 1 aromatic carbocycles. The minimum atomic E-state index is 0.229. The van der Waals surface area contributed by atoms with Crippen LogP contribution < -0.4 is 10.1 Å². The number of benzene rings is 1. The van der Waals surface area contributed by atoms with E-state index in [1.807, 2.05) is 17.4 Å². The fourth-order valence-corrected chi connectivity index (χ4v) is 4.17. The molecule has 0 aliphatic carbocycles. The van der Waals surface area contributed by atoms with Crippen LogP contribution in [0, 0.1) is 13.8 Å². The van der Waals surface area contributed by atoms with Crippen LogP contribution in [-0.2, 0) is 6.54 Å². The van der Waals surface area contributed by atoms with E-state index in [2.05, 4.69) is 25.2 Å². The quantitative estimate of drug-likeness (QED) is 0.819. The Morgan fingerprint density at radius 2 is 2.10 bits per heavy atom. The van der Waals surface area contributed by atoms with Crippen molar-refractivity contribution in [3.8, 4) is 5.75 Å². The first kappa shape index (κ1) is 15.2. The summed E-state index contributed by atoms with van der Waals surface area (Å²) in [4.78, 5) is 2.73. The Kier molecular flexibility index (Phi) is 4.46. The van der Waals surface area contributed by atoms with Crippen molar-refractivity contribution < 1.29 is 4.74 Å². The predicted molar refractivity (Wildman–Crippen MR) is 89.9 cm³/mol. The Morgan fingerprint density at radius 3 is 2.81 bits per heavy atom. The summed E-state index contributed by atoms with van der Waals surface area (Å²) >= 11 is 14.2. The molecule has 1 aromatic heterocycles. The molecule has 0 saturated heterocycles. The van der Waals surface area contributed by atoms with Gasteiger partial charge in [-0.1, -0.05) is 23.2 Å². The summed E-state index contributed by atoms with van der Waals surface area (Å²) in [5, 5.41) is 4.84. The Bertz CT molecular complexity index is 649. The number of fused-ring (bicyclic) bond motifs is 1. The molecule has 1 aliphatic rings. The van der Waals surface area contributed by atoms with E-state index in [-0.39, 0.29) is 6.04 Å². The van der Waals surface area contributed by atoms with Crippen LogP contribution in [0.4, 0.5) is 0 Å². The van der Waals surface area contributed by atoms with Crippen LogP contribution in [0.3, 0.4) is 0 Å². The topological polar surface area (TPSA) is 21.3 Å². The zero-order valence-corrected chi connectivity index (χ0v) is 14.3. The van der Waals surface area contributed by atoms with Gasteiger partial charge in [-0.05, 0) is 37.6 Å². The lowest BCUT2D eigenvalue weighted by atomic mass is 10.0. The number of ether oxygens (including phenoxy) is 1. The highest BCUT2D eigenvalue weighted by atomic mass is 35.5. The Morgan fingerprint density at radius 1 is 1.29 bits per heavy atom. The third-order valence-electron chi connectivity index (χ3n) is 3.81. The lowest BCUT2D eigenvalue weighted by molar-refractivity contribution is 0.252. The van der Waals surface area contributed by atoms with Crippen molar-refractivity contribution >= 4 is 34.5 Å². The summed E-state index contributed by atoms with van der Waals surface area (Å²) in [5.74, 6) is 0.767. The minimum absolute atomic E-state index is 0.229. The predicted octanol–water partition coefficient (Wildman–Crippen LogP) is 5.29. The fraction of sp³-hybridized carbons (Fsp3) is 0.375. The molecular weight excluding hydrogens is 325 g/mol. The number of halogens is 2. The fourth-order valence-electron chi connectivity index (χ4n) is 2.60. The van der Waals surface area contributed by atoms with Crippen molar-refractivity contribution in [2.24, 2.45) is 0 Å². The van der Waals surface area contributed by atoms with Crippen LogP contribution in [0.25, 0.3) is 0 Å². The van der Waals surface area contributed by atoms with Gasteiger partial charge in [0, 0.05) is 39.3 Å². The van der Waals surface area contributed by atoms with Gasteiger partial charge < -0.3 is 10.1 Å². The monoisotopic (exact) mass is 341 g/mol. The maximum atomic E-state index is 6.22. The van der Waals surface area contributed by atoms with Crippen molar-refractivity contribution in [2.75, 3.05) is 6.61 Å². The van der Waals surface area contributed by atoms with Crippen LogP contribution in [-0.4, -0.2) is 6.61 Å². The van der Waals surface area contributed by atoms with Crippen molar-refractivity contribution in [1.82, 2.24) is 5.32 Å². The first-order valence-electron chi connectivity index (χ1n) is 6.95. The maximum Gasteiger partial charge on any atom is 0.142 e. The average Bonchev–Trinajstić information content (AvgIpc) is 2.75. The molecule has 1 N–H and O–H groups in total. The summed E-state index contributed by atoms with van der Waals surface area (Å²) in [5.41, 5.74) is 2.42. The Labute approximate surface area is 139 Å². The second-order valence-corrected chi connectivity index (χ2v) is 7.51. The molecule has 2 heterocycles. The first-order chi connectivity index (χ1) is 10.0. The van der Waals surface area contributed by atoms with E-state index in [4.69, 9.17) is 27.9 Å². The molecule has 0 bridgehead atoms. The van der Waals surface area contributed by atoms with Gasteiger partial charge >= 0.3 is 0 Å². The lowest BCUT2D eigenvalue weighted by Gasteiger charge is -2.27. The molecule has 2 aromatic rings. The Hall–Kier alpha value is -0.740. The van der Waals surface area contributed by atoms with E-state index in [1.165, 1.54) is 15.3 Å². The van der Waals surface area contributed by atoms with E-state index < -0.39 is 0 Å². The average molecular weight is 342 g/mol. The summed E-state index contributed by atoms with van der Waals surface area (Å²) in [6, 6.07) is 6.16. The van der Waals surface area contributed by atoms with Crippen LogP contribution in [0.5, 0.6) is 5.75 Å². The lowest BCUT2D eigenvalue weighted by Crippen LogP contribution is -2.26. The molecule has 3 rings (SSSR count). The van der Waals surface area contributed by atoms with Crippen molar-refractivity contribution in [3.05, 3.63) is 49.1 Å². The van der Waals surface area contributed by atoms with Gasteiger partial charge in [0.15, 0.2) is 0 Å². The van der Waals surface area contributed by atoms with E-state index in [9.17, 15) is 0 Å². The van der Waals surface area contributed by atoms with E-state index in [0.29, 0.717) is 16.7 Å². The molecule has 0 spiro atoms. The molecule has 112 valence electrons. The SMILES string of the molecule is Cc1cc(CNC2CCOc3c(Cl)cc(Cl)cc32)sc1C. The number of rotatable bonds is 3. The Balaban J connectivity index is 1.79. The van der Waals surface area contributed by atoms with Gasteiger partial charge in [-0.2, -0.15) is 0 Å². The minimum Gasteiger partial charge on any atom is -0.492 e. The molecule has 1 aliphatic heterocycles. The highest BCUT2D eigenvalue weighted by Gasteiger charge is 2.24. The summed E-state index contributed by atoms with van der Waals surface area (Å²) < 4.78 is 5.69. The normalized spacial score (nSPS) is 17.4. The van der Waals surface area contributed by atoms with Gasteiger partial charge in [0.25, 0.3) is 0 Å². The maximum absolute atomic E-state index is 6.22. The summed E-state index contributed by atoms with van der Waals surface area (Å²) in [6.07, 6.45) is 0.924. The second kappa shape index (κ2) is 6.17. The molecule has 2 nitrogen and oxygen atoms in total. The molecule has 0 amide bonds. The molecule has 5 heteroatoms. The van der Waals surface area contributed by atoms with Gasteiger partial charge in [0.1, 0.15) is 5.75 Å². The standard InChI is InChI=1S/C16H17Cl2NOS/c1-9-5-12(21-10(9)2)8-19-15-3-4-20-16-13(15)6-11(17)7-14(16)18/h5-7,15,19H,3-4,8H2,1-2H3. The van der Waals surface area contributed by atoms with Crippen LogP contribution >= 0.6 is 34.5 Å². The molecular formula is C16H17Cl2NOS. The molecule has 21 heavy (non-hydrogen) atoms. The summed E-state index contributed by atoms with van der Waals surface area (Å²) in [6.45, 7) is 5.84. The number of nitrogens with one attached hydrogen (secondary N) is 1. The van der Waals surface area contributed by atoms with Crippen LogP contribution in [0.1, 0.15) is 33.3 Å². The van der Waals surface area contributed by atoms with Gasteiger partial charge in [0.05, 0.1) is 11.6 Å². The molecule has 1 unspecified atom stereocenters. The van der Waals surface area contributed by atoms with Crippen LogP contribution in [0.15, 0.2) is 18.2 Å². The third-order valence-corrected chi connectivity index (χ3v) is 5.46. The van der Waals surface area contributed by atoms with Gasteiger partial charge in [-0.25, -0.2) is 0 Å². The molecule has 0 saturated carbocycles. The molecule has 0 fully saturated rings. The third kappa shape index (κ3) is 3.21. The van der Waals surface area contributed by atoms with Crippen molar-refractivity contribution in [2.45, 2.75) is 32.9 Å². The largest absolute Gasteiger partial charge is 0.492 e. The zero-order chi connectivity index (χ0) is 15.0. The first-order valence-corrected chi connectivity index (χ1v) is 8.53. The van der Waals surface area contributed by atoms with Crippen molar-refractivity contribution in [3.63, 3.8) is 0 Å². The number of aryl methyl sites for hydroxylation is 2. The number of hydrogen-bond donors (Lipinski definition) is 1. The zero-order valence-electron chi connectivity index (χ0n) is 12.0. The molecule has 1 atom stereocenters. The van der Waals surface area contributed by atoms with E-state index in [0.717, 1.165) is 24.3 Å². The highest BCUT2D eigenvalue weighted by molar-refractivity contribution is 7.12. The van der Waals surface area contributed by atoms with Gasteiger partial charge in [-0.3, -0.25) is 0 Å².